The quantitative estimate of drug-likeness (QED) is 0.498. The number of aliphatic hydroxyl groups is 2. The van der Waals surface area contributed by atoms with Crippen LogP contribution in [-0.4, -0.2) is 22.2 Å². The molecule has 1 atom stereocenters. The van der Waals surface area contributed by atoms with Gasteiger partial charge in [-0.05, 0) is 13.8 Å². The van der Waals surface area contributed by atoms with Crippen LogP contribution < -0.4 is 0 Å². The van der Waals surface area contributed by atoms with Gasteiger partial charge in [0.05, 0.1) is 0 Å². The Morgan fingerprint density at radius 1 is 1.57 bits per heavy atom. The minimum Gasteiger partial charge on any atom is -0.385 e. The van der Waals surface area contributed by atoms with Crippen LogP contribution >= 0.6 is 0 Å². The summed E-state index contributed by atoms with van der Waals surface area (Å²) < 4.78 is 11.5. The fourth-order valence-corrected chi connectivity index (χ4v) is 0. The molecule has 2 N–H and O–H groups in total. The van der Waals surface area contributed by atoms with Crippen molar-refractivity contribution in [1.29, 1.82) is 0 Å². The molecule has 0 aromatic rings. The third kappa shape index (κ3) is 2.53. The van der Waals surface area contributed by atoms with Gasteiger partial charge in [0.25, 0.3) is 0 Å². The van der Waals surface area contributed by atoms with Crippen LogP contribution in [0.15, 0.2) is 0 Å². The minimum absolute atomic E-state index is 1.19. The van der Waals surface area contributed by atoms with E-state index in [9.17, 15) is 4.39 Å². The minimum atomic E-state index is -2.15. The van der Waals surface area contributed by atoms with E-state index in [-0.39, 0.29) is 0 Å². The molecule has 0 heterocycles. The summed E-state index contributed by atoms with van der Waals surface area (Å²) in [4.78, 5) is 0. The molecule has 0 aliphatic carbocycles. The molecular formula is C4H9FO2. The van der Waals surface area contributed by atoms with Gasteiger partial charge >= 0.3 is 0 Å². The summed E-state index contributed by atoms with van der Waals surface area (Å²) in [6.07, 6.45) is -2.15. The second-order valence-corrected chi connectivity index (χ2v) is 1.99. The summed E-state index contributed by atoms with van der Waals surface area (Å²) in [6.45, 7) is 2.38. The van der Waals surface area contributed by atoms with E-state index in [1.165, 1.54) is 13.8 Å². The summed E-state index contributed by atoms with van der Waals surface area (Å²) in [5.41, 5.74) is -1.61. The van der Waals surface area contributed by atoms with E-state index in [0.29, 0.717) is 0 Å². The molecule has 0 aromatic heterocycles. The van der Waals surface area contributed by atoms with Crippen molar-refractivity contribution in [2.75, 3.05) is 0 Å². The highest BCUT2D eigenvalue weighted by Gasteiger charge is 2.22. The van der Waals surface area contributed by atoms with Crippen molar-refractivity contribution in [1.82, 2.24) is 0 Å². The molecule has 0 aliphatic heterocycles. The van der Waals surface area contributed by atoms with Crippen LogP contribution in [0.1, 0.15) is 13.8 Å². The number of hydrogen-bond donors (Lipinski definition) is 2. The molecule has 44 valence electrons. The predicted octanol–water partition coefficient (Wildman–Crippen LogP) is 0.0452. The molecule has 0 fully saturated rings. The van der Waals surface area contributed by atoms with Gasteiger partial charge in [-0.15, -0.1) is 0 Å². The van der Waals surface area contributed by atoms with Gasteiger partial charge in [-0.1, -0.05) is 0 Å². The van der Waals surface area contributed by atoms with Gasteiger partial charge in [-0.3, -0.25) is 0 Å². The predicted molar refractivity (Wildman–Crippen MR) is 23.4 cm³/mol. The van der Waals surface area contributed by atoms with E-state index in [2.05, 4.69) is 0 Å². The van der Waals surface area contributed by atoms with Crippen LogP contribution in [0, 0.1) is 0 Å². The highest BCUT2D eigenvalue weighted by atomic mass is 19.1. The number of halogens is 1. The Kier molecular flexibility index (Phi) is 1.72. The van der Waals surface area contributed by atoms with E-state index in [4.69, 9.17) is 10.2 Å². The van der Waals surface area contributed by atoms with Gasteiger partial charge in [0.1, 0.15) is 5.60 Å². The third-order valence-electron chi connectivity index (χ3n) is 0.583. The smallest absolute Gasteiger partial charge is 0.224 e. The highest BCUT2D eigenvalue weighted by Crippen LogP contribution is 2.07. The maximum Gasteiger partial charge on any atom is 0.224 e. The highest BCUT2D eigenvalue weighted by molar-refractivity contribution is 4.65. The number of hydrogen-bond acceptors (Lipinski definition) is 2. The average Bonchev–Trinajstić information content (AvgIpc) is 1.31. The Hall–Kier alpha value is -0.150. The van der Waals surface area contributed by atoms with E-state index in [1.54, 1.807) is 0 Å². The van der Waals surface area contributed by atoms with Gasteiger partial charge < -0.3 is 10.2 Å². The zero-order chi connectivity index (χ0) is 6.08. The number of rotatable bonds is 1. The Bertz CT molecular complexity index is 55.2. The first-order valence-electron chi connectivity index (χ1n) is 1.99. The van der Waals surface area contributed by atoms with Crippen LogP contribution in [0.2, 0.25) is 0 Å². The lowest BCUT2D eigenvalue weighted by Gasteiger charge is -2.15. The van der Waals surface area contributed by atoms with Crippen LogP contribution in [0.5, 0.6) is 0 Å². The average molecular weight is 108 g/mol. The number of alkyl halides is 1. The Balaban J connectivity index is 3.54. The van der Waals surface area contributed by atoms with Gasteiger partial charge in [0.2, 0.25) is 6.36 Å². The molecule has 0 amide bonds. The van der Waals surface area contributed by atoms with Gasteiger partial charge in [-0.25, -0.2) is 4.39 Å². The second kappa shape index (κ2) is 1.76. The fourth-order valence-electron chi connectivity index (χ4n) is 0. The topological polar surface area (TPSA) is 40.5 Å². The molecule has 1 unspecified atom stereocenters. The fraction of sp³-hybridized carbons (Fsp3) is 1.00. The summed E-state index contributed by atoms with van der Waals surface area (Å²) in [5, 5.41) is 16.4. The molecule has 0 saturated carbocycles. The Morgan fingerprint density at radius 2 is 1.71 bits per heavy atom. The van der Waals surface area contributed by atoms with Crippen molar-refractivity contribution in [2.45, 2.75) is 25.8 Å². The van der Waals surface area contributed by atoms with Crippen LogP contribution in [0.4, 0.5) is 4.39 Å². The van der Waals surface area contributed by atoms with Crippen molar-refractivity contribution >= 4 is 0 Å². The monoisotopic (exact) mass is 108 g/mol. The van der Waals surface area contributed by atoms with Gasteiger partial charge in [-0.2, -0.15) is 0 Å². The van der Waals surface area contributed by atoms with E-state index >= 15 is 0 Å². The molecule has 7 heavy (non-hydrogen) atoms. The van der Waals surface area contributed by atoms with Crippen LogP contribution in [-0.2, 0) is 0 Å². The molecule has 0 aliphatic rings. The molecule has 0 bridgehead atoms. The van der Waals surface area contributed by atoms with Crippen LogP contribution in [0.3, 0.4) is 0 Å². The summed E-state index contributed by atoms with van der Waals surface area (Å²) in [5.74, 6) is 0. The maximum absolute atomic E-state index is 11.5. The third-order valence-corrected chi connectivity index (χ3v) is 0.583. The first kappa shape index (κ1) is 6.85. The second-order valence-electron chi connectivity index (χ2n) is 1.99. The van der Waals surface area contributed by atoms with E-state index in [0.717, 1.165) is 0 Å². The molecule has 2 nitrogen and oxygen atoms in total. The molecule has 0 rings (SSSR count). The Labute approximate surface area is 41.6 Å². The first-order chi connectivity index (χ1) is 2.94. The molecule has 0 radical (unpaired) electrons. The zero-order valence-electron chi connectivity index (χ0n) is 4.35. The van der Waals surface area contributed by atoms with Gasteiger partial charge in [0, 0.05) is 0 Å². The molecule has 0 aromatic carbocycles. The molecule has 0 spiro atoms. The first-order valence-corrected chi connectivity index (χ1v) is 1.99. The SMILES string of the molecule is CC(C)(O)C(O)F. The van der Waals surface area contributed by atoms with E-state index < -0.39 is 12.0 Å². The van der Waals surface area contributed by atoms with Crippen LogP contribution in [0.25, 0.3) is 0 Å². The van der Waals surface area contributed by atoms with Gasteiger partial charge in [0.15, 0.2) is 0 Å². The molecule has 0 saturated heterocycles. The summed E-state index contributed by atoms with van der Waals surface area (Å²) in [7, 11) is 0. The largest absolute Gasteiger partial charge is 0.385 e. The lowest BCUT2D eigenvalue weighted by Crippen LogP contribution is -2.31. The standard InChI is InChI=1S/C4H9FO2/c1-4(2,7)3(5)6/h3,6-7H,1-2H3. The van der Waals surface area contributed by atoms with Crippen molar-refractivity contribution in [3.63, 3.8) is 0 Å². The lowest BCUT2D eigenvalue weighted by molar-refractivity contribution is -0.118. The number of aliphatic hydroxyl groups excluding tert-OH is 1. The summed E-state index contributed by atoms with van der Waals surface area (Å²) >= 11 is 0. The zero-order valence-corrected chi connectivity index (χ0v) is 4.35. The van der Waals surface area contributed by atoms with Crippen molar-refractivity contribution in [3.05, 3.63) is 0 Å². The molecular weight excluding hydrogens is 99.0 g/mol. The van der Waals surface area contributed by atoms with Crippen molar-refractivity contribution in [3.8, 4) is 0 Å². The summed E-state index contributed by atoms with van der Waals surface area (Å²) in [6, 6.07) is 0. The normalized spacial score (nSPS) is 16.7. The van der Waals surface area contributed by atoms with Crippen molar-refractivity contribution < 1.29 is 14.6 Å². The Morgan fingerprint density at radius 3 is 1.71 bits per heavy atom. The maximum atomic E-state index is 11.5. The molecule has 3 heteroatoms. The lowest BCUT2D eigenvalue weighted by atomic mass is 10.1. The van der Waals surface area contributed by atoms with Crippen molar-refractivity contribution in [2.24, 2.45) is 0 Å². The van der Waals surface area contributed by atoms with E-state index in [1.807, 2.05) is 0 Å².